The number of fused-ring (bicyclic) bond motifs is 1. The maximum Gasteiger partial charge on any atom is 0.279 e. The van der Waals surface area contributed by atoms with Crippen molar-refractivity contribution in [3.8, 4) is 0 Å². The molecule has 0 radical (unpaired) electrons. The summed E-state index contributed by atoms with van der Waals surface area (Å²) in [5.41, 5.74) is -0.123. The molecule has 0 bridgehead atoms. The Labute approximate surface area is 73.5 Å². The normalized spacial score (nSPS) is 10.4. The largest absolute Gasteiger partial charge is 0.279 e. The Morgan fingerprint density at radius 3 is 2.92 bits per heavy atom. The lowest BCUT2D eigenvalue weighted by molar-refractivity contribution is 1.22. The van der Waals surface area contributed by atoms with E-state index in [2.05, 4.69) is 4.98 Å². The average Bonchev–Trinajstić information content (AvgIpc) is 2.04. The number of rotatable bonds is 0. The maximum atomic E-state index is 11.3. The molecule has 1 aromatic heterocycles. The third-order valence-electron chi connectivity index (χ3n) is 1.63. The van der Waals surface area contributed by atoms with Gasteiger partial charge < -0.3 is 0 Å². The van der Waals surface area contributed by atoms with Gasteiger partial charge in [0.1, 0.15) is 0 Å². The van der Waals surface area contributed by atoms with Gasteiger partial charge in [0.25, 0.3) is 5.56 Å². The van der Waals surface area contributed by atoms with Crippen molar-refractivity contribution in [2.45, 2.75) is 6.92 Å². The van der Waals surface area contributed by atoms with Gasteiger partial charge in [0, 0.05) is 4.70 Å². The number of aromatic nitrogens is 1. The summed E-state index contributed by atoms with van der Waals surface area (Å²) in [6.07, 6.45) is 0. The van der Waals surface area contributed by atoms with Gasteiger partial charge in [-0.05, 0) is 19.1 Å². The molecule has 60 valence electrons. The van der Waals surface area contributed by atoms with Crippen LogP contribution in [-0.2, 0) is 0 Å². The van der Waals surface area contributed by atoms with Crippen molar-refractivity contribution in [1.29, 1.82) is 0 Å². The predicted octanol–water partition coefficient (Wildman–Crippen LogP) is 1.96. The lowest BCUT2D eigenvalue weighted by atomic mass is 10.3. The van der Waals surface area contributed by atoms with Crippen LogP contribution in [0.25, 0.3) is 10.1 Å². The van der Waals surface area contributed by atoms with Gasteiger partial charge in [0.15, 0.2) is 0 Å². The summed E-state index contributed by atoms with van der Waals surface area (Å²) < 4.78 is 1.01. The molecule has 0 saturated heterocycles. The van der Waals surface area contributed by atoms with Gasteiger partial charge in [-0.15, -0.1) is 11.3 Å². The van der Waals surface area contributed by atoms with Crippen LogP contribution in [0.15, 0.2) is 29.1 Å². The highest BCUT2D eigenvalue weighted by molar-refractivity contribution is 7.18. The summed E-state index contributed by atoms with van der Waals surface area (Å²) in [7, 11) is 0. The topological polar surface area (TPSA) is 30.0 Å². The minimum absolute atomic E-state index is 0.123. The van der Waals surface area contributed by atoms with Gasteiger partial charge in [-0.25, -0.2) is 4.98 Å². The highest BCUT2D eigenvalue weighted by Crippen LogP contribution is 2.15. The summed E-state index contributed by atoms with van der Waals surface area (Å²) in [6.45, 7) is 1.85. The Hall–Kier alpha value is -1.22. The van der Waals surface area contributed by atoms with Gasteiger partial charge in [0.05, 0.1) is 10.4 Å². The molecular formula is C9H7NOS. The molecule has 3 heteroatoms. The van der Waals surface area contributed by atoms with Crippen molar-refractivity contribution < 1.29 is 0 Å². The second-order valence-corrected chi connectivity index (χ2v) is 3.77. The summed E-state index contributed by atoms with van der Waals surface area (Å²) in [5, 5.41) is 1.53. The van der Waals surface area contributed by atoms with Crippen LogP contribution in [0.1, 0.15) is 5.01 Å². The minimum atomic E-state index is -0.123. The monoisotopic (exact) mass is 177 g/mol. The SMILES string of the molecule is Cc1nc(=O)c2ccccc2s1. The van der Waals surface area contributed by atoms with Crippen LogP contribution in [0.4, 0.5) is 0 Å². The molecule has 0 aliphatic heterocycles. The molecular weight excluding hydrogens is 170 g/mol. The first kappa shape index (κ1) is 7.43. The number of hydrogen-bond acceptors (Lipinski definition) is 3. The molecule has 2 rings (SSSR count). The van der Waals surface area contributed by atoms with E-state index in [0.717, 1.165) is 9.71 Å². The van der Waals surface area contributed by atoms with Crippen molar-refractivity contribution in [3.05, 3.63) is 39.6 Å². The molecule has 2 aromatic rings. The molecule has 0 atom stereocenters. The van der Waals surface area contributed by atoms with Gasteiger partial charge >= 0.3 is 0 Å². The van der Waals surface area contributed by atoms with Gasteiger partial charge in [-0.2, -0.15) is 0 Å². The number of benzene rings is 1. The third kappa shape index (κ3) is 1.12. The zero-order valence-corrected chi connectivity index (χ0v) is 7.39. The van der Waals surface area contributed by atoms with Gasteiger partial charge in [0.2, 0.25) is 0 Å². The highest BCUT2D eigenvalue weighted by atomic mass is 32.1. The molecule has 0 aliphatic carbocycles. The van der Waals surface area contributed by atoms with E-state index in [-0.39, 0.29) is 5.56 Å². The van der Waals surface area contributed by atoms with Crippen LogP contribution in [0.5, 0.6) is 0 Å². The van der Waals surface area contributed by atoms with Crippen molar-refractivity contribution in [1.82, 2.24) is 4.98 Å². The first-order valence-corrected chi connectivity index (χ1v) is 4.45. The molecule has 0 amide bonds. The fraction of sp³-hybridized carbons (Fsp3) is 0.111. The smallest absolute Gasteiger partial charge is 0.267 e. The lowest BCUT2D eigenvalue weighted by Gasteiger charge is -1.94. The van der Waals surface area contributed by atoms with Crippen LogP contribution in [0, 0.1) is 6.92 Å². The second kappa shape index (κ2) is 2.68. The summed E-state index contributed by atoms with van der Waals surface area (Å²) >= 11 is 1.54. The molecule has 0 aliphatic rings. The van der Waals surface area contributed by atoms with Crippen molar-refractivity contribution in [3.63, 3.8) is 0 Å². The van der Waals surface area contributed by atoms with E-state index in [9.17, 15) is 4.79 Å². The Kier molecular flexibility index (Phi) is 1.66. The number of aryl methyl sites for hydroxylation is 1. The summed E-state index contributed by atoms with van der Waals surface area (Å²) in [4.78, 5) is 15.2. The van der Waals surface area contributed by atoms with E-state index in [1.54, 1.807) is 17.4 Å². The number of hydrogen-bond donors (Lipinski definition) is 0. The van der Waals surface area contributed by atoms with E-state index in [4.69, 9.17) is 0 Å². The molecule has 0 spiro atoms. The summed E-state index contributed by atoms with van der Waals surface area (Å²) in [5.74, 6) is 0. The van der Waals surface area contributed by atoms with Gasteiger partial charge in [-0.1, -0.05) is 12.1 Å². The van der Waals surface area contributed by atoms with Crippen molar-refractivity contribution >= 4 is 21.4 Å². The fourth-order valence-corrected chi connectivity index (χ4v) is 1.98. The van der Waals surface area contributed by atoms with E-state index < -0.39 is 0 Å². The minimum Gasteiger partial charge on any atom is -0.267 e. The molecule has 0 unspecified atom stereocenters. The Balaban J connectivity index is 2.99. The Morgan fingerprint density at radius 1 is 1.33 bits per heavy atom. The second-order valence-electron chi connectivity index (χ2n) is 2.53. The first-order valence-electron chi connectivity index (χ1n) is 3.64. The Morgan fingerprint density at radius 2 is 2.08 bits per heavy atom. The van der Waals surface area contributed by atoms with E-state index in [1.807, 2.05) is 25.1 Å². The third-order valence-corrected chi connectivity index (χ3v) is 2.60. The molecule has 0 N–H and O–H groups in total. The van der Waals surface area contributed by atoms with Crippen LogP contribution in [0.3, 0.4) is 0 Å². The molecule has 2 nitrogen and oxygen atoms in total. The van der Waals surface area contributed by atoms with E-state index in [1.165, 1.54) is 0 Å². The average molecular weight is 177 g/mol. The van der Waals surface area contributed by atoms with Crippen LogP contribution in [0.2, 0.25) is 0 Å². The van der Waals surface area contributed by atoms with Crippen molar-refractivity contribution in [2.75, 3.05) is 0 Å². The van der Waals surface area contributed by atoms with E-state index >= 15 is 0 Å². The van der Waals surface area contributed by atoms with Gasteiger partial charge in [-0.3, -0.25) is 4.79 Å². The summed E-state index contributed by atoms with van der Waals surface area (Å²) in [6, 6.07) is 7.53. The van der Waals surface area contributed by atoms with E-state index in [0.29, 0.717) is 5.39 Å². The zero-order valence-electron chi connectivity index (χ0n) is 6.57. The molecule has 1 heterocycles. The molecule has 1 aromatic carbocycles. The fourth-order valence-electron chi connectivity index (χ4n) is 1.12. The molecule has 0 saturated carbocycles. The lowest BCUT2D eigenvalue weighted by Crippen LogP contribution is -2.05. The molecule has 0 fully saturated rings. The zero-order chi connectivity index (χ0) is 8.55. The highest BCUT2D eigenvalue weighted by Gasteiger charge is 1.98. The first-order chi connectivity index (χ1) is 5.77. The maximum absolute atomic E-state index is 11.3. The van der Waals surface area contributed by atoms with Crippen molar-refractivity contribution in [2.24, 2.45) is 0 Å². The Bertz CT molecular complexity index is 475. The quantitative estimate of drug-likeness (QED) is 0.615. The molecule has 12 heavy (non-hydrogen) atoms. The predicted molar refractivity (Wildman–Crippen MR) is 50.6 cm³/mol. The van der Waals surface area contributed by atoms with Crippen LogP contribution >= 0.6 is 11.3 Å². The van der Waals surface area contributed by atoms with Crippen LogP contribution in [-0.4, -0.2) is 4.98 Å². The standard InChI is InChI=1S/C9H7NOS/c1-6-10-9(11)7-4-2-3-5-8(7)12-6/h2-5H,1H3. The number of nitrogens with zero attached hydrogens (tertiary/aromatic N) is 1. The van der Waals surface area contributed by atoms with Crippen LogP contribution < -0.4 is 5.56 Å².